The van der Waals surface area contributed by atoms with Crippen LogP contribution in [0.15, 0.2) is 34.7 Å². The maximum atomic E-state index is 9.14. The van der Waals surface area contributed by atoms with Crippen molar-refractivity contribution < 1.29 is 19.0 Å². The highest BCUT2D eigenvalue weighted by atomic mass is 35.5. The zero-order valence-corrected chi connectivity index (χ0v) is 18.1. The number of aliphatic hydroxyl groups excluding tert-OH is 1. The minimum atomic E-state index is 0.137. The number of aliphatic hydroxyl groups is 1. The van der Waals surface area contributed by atoms with Gasteiger partial charge in [0.25, 0.3) is 0 Å². The van der Waals surface area contributed by atoms with E-state index in [0.29, 0.717) is 30.2 Å². The molecular formula is C24H28ClNO4. The summed E-state index contributed by atoms with van der Waals surface area (Å²) in [4.78, 5) is 4.63. The fraction of sp³-hybridized carbons (Fsp3) is 0.458. The Bertz CT molecular complexity index is 994. The third kappa shape index (κ3) is 4.90. The van der Waals surface area contributed by atoms with Crippen molar-refractivity contribution in [2.75, 3.05) is 13.7 Å². The fourth-order valence-corrected chi connectivity index (χ4v) is 4.31. The molecule has 0 bridgehead atoms. The summed E-state index contributed by atoms with van der Waals surface area (Å²) in [6.45, 7) is 0.137. The lowest BCUT2D eigenvalue weighted by atomic mass is 10.1. The van der Waals surface area contributed by atoms with E-state index in [9.17, 15) is 0 Å². The molecule has 160 valence electrons. The van der Waals surface area contributed by atoms with Crippen molar-refractivity contribution >= 4 is 22.7 Å². The van der Waals surface area contributed by atoms with Crippen LogP contribution in [-0.2, 0) is 19.3 Å². The minimum Gasteiger partial charge on any atom is -0.493 e. The molecule has 1 saturated carbocycles. The van der Waals surface area contributed by atoms with Crippen LogP contribution in [0.5, 0.6) is 11.5 Å². The van der Waals surface area contributed by atoms with Gasteiger partial charge in [-0.15, -0.1) is 0 Å². The summed E-state index contributed by atoms with van der Waals surface area (Å²) in [6, 6.07) is 9.83. The van der Waals surface area contributed by atoms with Crippen molar-refractivity contribution in [3.63, 3.8) is 0 Å². The summed E-state index contributed by atoms with van der Waals surface area (Å²) in [6.07, 6.45) is 7.81. The van der Waals surface area contributed by atoms with Crippen molar-refractivity contribution in [2.24, 2.45) is 0 Å². The van der Waals surface area contributed by atoms with Gasteiger partial charge in [0.2, 0.25) is 0 Å². The van der Waals surface area contributed by atoms with Gasteiger partial charge in [-0.2, -0.15) is 0 Å². The summed E-state index contributed by atoms with van der Waals surface area (Å²) >= 11 is 6.23. The first-order valence-corrected chi connectivity index (χ1v) is 11.1. The van der Waals surface area contributed by atoms with Gasteiger partial charge in [-0.05, 0) is 80.3 Å². The summed E-state index contributed by atoms with van der Waals surface area (Å²) in [5.41, 5.74) is 3.68. The van der Waals surface area contributed by atoms with Gasteiger partial charge >= 0.3 is 0 Å². The molecule has 1 heterocycles. The standard InChI is InChI=1S/C24H28ClNO4/c1-28-21-10-8-16(13-22(21)29-19-6-2-3-7-19)9-11-23-26-20-15-18(25)14-17(5-4-12-27)24(20)30-23/h8,10,13-15,19,27H,2-7,9,11-12H2,1H3. The third-order valence-corrected chi connectivity index (χ3v) is 5.85. The average Bonchev–Trinajstić information content (AvgIpc) is 3.40. The molecule has 0 radical (unpaired) electrons. The molecule has 6 heteroatoms. The summed E-state index contributed by atoms with van der Waals surface area (Å²) in [5.74, 6) is 2.28. The van der Waals surface area contributed by atoms with Crippen molar-refractivity contribution in [1.82, 2.24) is 4.98 Å². The fourth-order valence-electron chi connectivity index (χ4n) is 4.08. The summed E-state index contributed by atoms with van der Waals surface area (Å²) in [5, 5.41) is 9.77. The van der Waals surface area contributed by atoms with E-state index in [1.807, 2.05) is 18.2 Å². The van der Waals surface area contributed by atoms with Gasteiger partial charge in [0.1, 0.15) is 5.52 Å². The maximum absolute atomic E-state index is 9.14. The number of hydrogen-bond donors (Lipinski definition) is 1. The lowest BCUT2D eigenvalue weighted by Gasteiger charge is -2.16. The Morgan fingerprint density at radius 1 is 1.10 bits per heavy atom. The Kier molecular flexibility index (Phi) is 6.80. The second kappa shape index (κ2) is 9.71. The molecule has 4 rings (SSSR count). The highest BCUT2D eigenvalue weighted by Gasteiger charge is 2.19. The van der Waals surface area contributed by atoms with Gasteiger partial charge in [0.15, 0.2) is 23.0 Å². The van der Waals surface area contributed by atoms with Crippen molar-refractivity contribution in [1.29, 1.82) is 0 Å². The minimum absolute atomic E-state index is 0.137. The molecule has 1 N–H and O–H groups in total. The summed E-state index contributed by atoms with van der Waals surface area (Å²) < 4.78 is 17.7. The number of aromatic nitrogens is 1. The normalized spacial score (nSPS) is 14.5. The molecule has 0 unspecified atom stereocenters. The molecule has 1 aliphatic rings. The number of benzene rings is 2. The highest BCUT2D eigenvalue weighted by molar-refractivity contribution is 6.31. The van der Waals surface area contributed by atoms with Crippen LogP contribution >= 0.6 is 11.6 Å². The lowest BCUT2D eigenvalue weighted by Crippen LogP contribution is -2.11. The Morgan fingerprint density at radius 2 is 1.93 bits per heavy atom. The van der Waals surface area contributed by atoms with Gasteiger partial charge in [-0.1, -0.05) is 17.7 Å². The molecule has 2 aromatic carbocycles. The number of hydrogen-bond acceptors (Lipinski definition) is 5. The van der Waals surface area contributed by atoms with Gasteiger partial charge in [-0.3, -0.25) is 0 Å². The molecule has 1 aliphatic carbocycles. The number of rotatable bonds is 9. The first-order valence-electron chi connectivity index (χ1n) is 10.7. The van der Waals surface area contributed by atoms with Crippen LogP contribution in [0.4, 0.5) is 0 Å². The third-order valence-electron chi connectivity index (χ3n) is 5.63. The van der Waals surface area contributed by atoms with Gasteiger partial charge in [0.05, 0.1) is 13.2 Å². The Morgan fingerprint density at radius 3 is 2.70 bits per heavy atom. The van der Waals surface area contributed by atoms with Crippen molar-refractivity contribution in [3.8, 4) is 11.5 Å². The topological polar surface area (TPSA) is 64.7 Å². The monoisotopic (exact) mass is 429 g/mol. The maximum Gasteiger partial charge on any atom is 0.195 e. The van der Waals surface area contributed by atoms with E-state index in [4.69, 9.17) is 30.6 Å². The lowest BCUT2D eigenvalue weighted by molar-refractivity contribution is 0.200. The Labute approximate surface area is 182 Å². The van der Waals surface area contributed by atoms with Crippen LogP contribution in [0.1, 0.15) is 49.1 Å². The predicted molar refractivity (Wildman–Crippen MR) is 118 cm³/mol. The highest BCUT2D eigenvalue weighted by Crippen LogP contribution is 2.33. The molecule has 0 spiro atoms. The van der Waals surface area contributed by atoms with Crippen molar-refractivity contribution in [3.05, 3.63) is 52.4 Å². The number of ether oxygens (including phenoxy) is 2. The zero-order valence-electron chi connectivity index (χ0n) is 17.3. The first kappa shape index (κ1) is 21.0. The van der Waals surface area contributed by atoms with Crippen LogP contribution in [0.3, 0.4) is 0 Å². The second-order valence-corrected chi connectivity index (χ2v) is 8.29. The zero-order chi connectivity index (χ0) is 20.9. The molecule has 1 aromatic heterocycles. The van der Waals surface area contributed by atoms with Crippen LogP contribution in [0.25, 0.3) is 11.1 Å². The van der Waals surface area contributed by atoms with E-state index in [0.717, 1.165) is 53.0 Å². The molecule has 3 aromatic rings. The molecular weight excluding hydrogens is 402 g/mol. The predicted octanol–water partition coefficient (Wildman–Crippen LogP) is 5.52. The SMILES string of the molecule is COc1ccc(CCc2nc3cc(Cl)cc(CCCO)c3o2)cc1OC1CCCC1. The van der Waals surface area contributed by atoms with E-state index >= 15 is 0 Å². The van der Waals surface area contributed by atoms with E-state index in [1.165, 1.54) is 12.8 Å². The molecule has 0 aliphatic heterocycles. The quantitative estimate of drug-likeness (QED) is 0.485. The van der Waals surface area contributed by atoms with Gasteiger partial charge in [0, 0.05) is 18.1 Å². The van der Waals surface area contributed by atoms with Crippen LogP contribution in [-0.4, -0.2) is 29.9 Å². The van der Waals surface area contributed by atoms with Gasteiger partial charge < -0.3 is 19.0 Å². The second-order valence-electron chi connectivity index (χ2n) is 7.86. The van der Waals surface area contributed by atoms with Gasteiger partial charge in [-0.25, -0.2) is 4.98 Å². The molecule has 1 fully saturated rings. The number of nitrogens with zero attached hydrogens (tertiary/aromatic N) is 1. The average molecular weight is 430 g/mol. The smallest absolute Gasteiger partial charge is 0.195 e. The molecule has 30 heavy (non-hydrogen) atoms. The Balaban J connectivity index is 1.49. The number of oxazole rings is 1. The number of aryl methyl sites for hydroxylation is 3. The number of halogens is 1. The van der Waals surface area contributed by atoms with Crippen LogP contribution in [0, 0.1) is 0 Å². The molecule has 0 atom stereocenters. The van der Waals surface area contributed by atoms with Crippen molar-refractivity contribution in [2.45, 2.75) is 57.5 Å². The molecule has 0 saturated heterocycles. The van der Waals surface area contributed by atoms with Crippen LogP contribution < -0.4 is 9.47 Å². The number of fused-ring (bicyclic) bond motifs is 1. The van der Waals surface area contributed by atoms with E-state index in [1.54, 1.807) is 7.11 Å². The van der Waals surface area contributed by atoms with E-state index in [-0.39, 0.29) is 12.7 Å². The van der Waals surface area contributed by atoms with E-state index in [2.05, 4.69) is 17.1 Å². The number of methoxy groups -OCH3 is 1. The summed E-state index contributed by atoms with van der Waals surface area (Å²) in [7, 11) is 1.67. The molecule has 0 amide bonds. The van der Waals surface area contributed by atoms with Crippen LogP contribution in [0.2, 0.25) is 5.02 Å². The largest absolute Gasteiger partial charge is 0.493 e. The first-order chi connectivity index (χ1) is 14.7. The molecule has 5 nitrogen and oxygen atoms in total. The van der Waals surface area contributed by atoms with E-state index < -0.39 is 0 Å². The Hall–Kier alpha value is -2.24.